The van der Waals surface area contributed by atoms with Crippen molar-refractivity contribution in [2.45, 2.75) is 6.54 Å². The molecule has 8 heteroatoms. The fourth-order valence-corrected chi connectivity index (χ4v) is 1.66. The molecular formula is C10H13ClN4O3. The second-order valence-corrected chi connectivity index (χ2v) is 3.80. The van der Waals surface area contributed by atoms with Crippen LogP contribution in [0.3, 0.4) is 0 Å². The lowest BCUT2D eigenvalue weighted by molar-refractivity contribution is 0.0855. The Balaban J connectivity index is 2.16. The van der Waals surface area contributed by atoms with Crippen LogP contribution in [-0.4, -0.2) is 51.8 Å². The number of methoxy groups -OCH3 is 1. The number of hydrogen-bond donors (Lipinski definition) is 1. The summed E-state index contributed by atoms with van der Waals surface area (Å²) in [5, 5.41) is 13.0. The quantitative estimate of drug-likeness (QED) is 0.609. The van der Waals surface area contributed by atoms with Gasteiger partial charge < -0.3 is 14.6 Å². The number of rotatable bonds is 6. The third-order valence-electron chi connectivity index (χ3n) is 2.25. The van der Waals surface area contributed by atoms with Crippen molar-refractivity contribution in [2.75, 3.05) is 26.9 Å². The Bertz CT molecular complexity index is 531. The van der Waals surface area contributed by atoms with Crippen LogP contribution in [0.4, 0.5) is 0 Å². The Labute approximate surface area is 108 Å². The molecule has 0 atom stereocenters. The average molecular weight is 273 g/mol. The molecular weight excluding hydrogens is 260 g/mol. The predicted octanol–water partition coefficient (Wildman–Crippen LogP) is 0.497. The van der Waals surface area contributed by atoms with Crippen LogP contribution in [0.15, 0.2) is 6.20 Å². The largest absolute Gasteiger partial charge is 0.479 e. The summed E-state index contributed by atoms with van der Waals surface area (Å²) >= 11 is 5.77. The van der Waals surface area contributed by atoms with Gasteiger partial charge >= 0.3 is 0 Å². The first-order chi connectivity index (χ1) is 8.74. The van der Waals surface area contributed by atoms with Crippen LogP contribution >= 0.6 is 11.6 Å². The second kappa shape index (κ2) is 5.94. The topological polar surface area (TPSA) is 82.3 Å². The second-order valence-electron chi connectivity index (χ2n) is 3.46. The first-order valence-electron chi connectivity index (χ1n) is 5.38. The summed E-state index contributed by atoms with van der Waals surface area (Å²) in [6, 6.07) is 0. The van der Waals surface area contributed by atoms with Crippen molar-refractivity contribution in [3.63, 3.8) is 0 Å². The number of ether oxygens (including phenoxy) is 2. The molecule has 7 nitrogen and oxygen atoms in total. The van der Waals surface area contributed by atoms with E-state index >= 15 is 0 Å². The molecule has 98 valence electrons. The lowest BCUT2D eigenvalue weighted by Gasteiger charge is -2.01. The zero-order valence-electron chi connectivity index (χ0n) is 9.84. The summed E-state index contributed by atoms with van der Waals surface area (Å²) in [7, 11) is 1.50. The van der Waals surface area contributed by atoms with Crippen LogP contribution < -0.4 is 4.74 Å². The number of fused-ring (bicyclic) bond motifs is 1. The zero-order valence-corrected chi connectivity index (χ0v) is 10.6. The maximum atomic E-state index is 8.58. The number of aromatic nitrogens is 4. The first kappa shape index (κ1) is 13.0. The molecule has 2 heterocycles. The van der Waals surface area contributed by atoms with Gasteiger partial charge in [-0.05, 0) is 11.6 Å². The Hall–Kier alpha value is -1.44. The highest BCUT2D eigenvalue weighted by molar-refractivity contribution is 6.28. The summed E-state index contributed by atoms with van der Waals surface area (Å²) < 4.78 is 11.9. The molecule has 0 aliphatic carbocycles. The predicted molar refractivity (Wildman–Crippen MR) is 64.8 cm³/mol. The van der Waals surface area contributed by atoms with Gasteiger partial charge in [0.2, 0.25) is 11.2 Å². The highest BCUT2D eigenvalue weighted by Gasteiger charge is 2.11. The SMILES string of the molecule is COc1nc(Cl)nc2cn(CCOCCO)nc12. The van der Waals surface area contributed by atoms with E-state index in [4.69, 9.17) is 26.2 Å². The third kappa shape index (κ3) is 2.87. The maximum Gasteiger partial charge on any atom is 0.246 e. The molecule has 0 amide bonds. The van der Waals surface area contributed by atoms with Gasteiger partial charge in [0.1, 0.15) is 5.52 Å². The zero-order chi connectivity index (χ0) is 13.0. The van der Waals surface area contributed by atoms with Gasteiger partial charge in [-0.1, -0.05) is 0 Å². The van der Waals surface area contributed by atoms with Gasteiger partial charge in [-0.3, -0.25) is 4.68 Å². The van der Waals surface area contributed by atoms with Gasteiger partial charge in [-0.25, -0.2) is 4.98 Å². The van der Waals surface area contributed by atoms with E-state index in [9.17, 15) is 0 Å². The Kier molecular flexibility index (Phi) is 4.29. The fraction of sp³-hybridized carbons (Fsp3) is 0.500. The van der Waals surface area contributed by atoms with Crippen LogP contribution in [0.1, 0.15) is 0 Å². The summed E-state index contributed by atoms with van der Waals surface area (Å²) in [6.45, 7) is 1.33. The monoisotopic (exact) mass is 272 g/mol. The minimum atomic E-state index is 0.00991. The van der Waals surface area contributed by atoms with Crippen LogP contribution in [0, 0.1) is 0 Å². The smallest absolute Gasteiger partial charge is 0.246 e. The van der Waals surface area contributed by atoms with E-state index in [2.05, 4.69) is 15.1 Å². The van der Waals surface area contributed by atoms with Crippen molar-refractivity contribution in [3.05, 3.63) is 11.5 Å². The van der Waals surface area contributed by atoms with Crippen molar-refractivity contribution in [2.24, 2.45) is 0 Å². The molecule has 0 bridgehead atoms. The Morgan fingerprint density at radius 3 is 2.94 bits per heavy atom. The van der Waals surface area contributed by atoms with Gasteiger partial charge in [0.25, 0.3) is 0 Å². The molecule has 2 aromatic rings. The number of hydrogen-bond acceptors (Lipinski definition) is 6. The molecule has 0 aliphatic heterocycles. The summed E-state index contributed by atoms with van der Waals surface area (Å²) in [4.78, 5) is 7.99. The van der Waals surface area contributed by atoms with E-state index < -0.39 is 0 Å². The van der Waals surface area contributed by atoms with E-state index in [1.165, 1.54) is 7.11 Å². The van der Waals surface area contributed by atoms with Gasteiger partial charge in [0.05, 0.1) is 39.7 Å². The van der Waals surface area contributed by atoms with E-state index in [1.54, 1.807) is 10.9 Å². The average Bonchev–Trinajstić information content (AvgIpc) is 2.76. The van der Waals surface area contributed by atoms with E-state index in [0.717, 1.165) is 0 Å². The van der Waals surface area contributed by atoms with Crippen LogP contribution in [0.25, 0.3) is 11.0 Å². The molecule has 0 fully saturated rings. The van der Waals surface area contributed by atoms with E-state index in [1.807, 2.05) is 0 Å². The van der Waals surface area contributed by atoms with Gasteiger partial charge in [-0.15, -0.1) is 0 Å². The van der Waals surface area contributed by atoms with Crippen molar-refractivity contribution in [3.8, 4) is 5.88 Å². The van der Waals surface area contributed by atoms with Crippen LogP contribution in [0.2, 0.25) is 5.28 Å². The maximum absolute atomic E-state index is 8.58. The molecule has 1 N–H and O–H groups in total. The minimum Gasteiger partial charge on any atom is -0.479 e. The lowest BCUT2D eigenvalue weighted by atomic mass is 10.4. The first-order valence-corrected chi connectivity index (χ1v) is 5.75. The number of aliphatic hydroxyl groups excluding tert-OH is 1. The molecule has 0 saturated carbocycles. The highest BCUT2D eigenvalue weighted by atomic mass is 35.5. The van der Waals surface area contributed by atoms with E-state index in [0.29, 0.717) is 36.7 Å². The number of aliphatic hydroxyl groups is 1. The molecule has 0 aliphatic rings. The molecule has 0 radical (unpaired) electrons. The molecule has 2 rings (SSSR count). The van der Waals surface area contributed by atoms with Crippen molar-refractivity contribution < 1.29 is 14.6 Å². The molecule has 0 unspecified atom stereocenters. The lowest BCUT2D eigenvalue weighted by Crippen LogP contribution is -2.08. The molecule has 0 aromatic carbocycles. The van der Waals surface area contributed by atoms with Crippen molar-refractivity contribution in [1.82, 2.24) is 19.7 Å². The number of halogens is 1. The molecule has 0 saturated heterocycles. The molecule has 18 heavy (non-hydrogen) atoms. The van der Waals surface area contributed by atoms with E-state index in [-0.39, 0.29) is 11.9 Å². The van der Waals surface area contributed by atoms with Gasteiger partial charge in [0, 0.05) is 0 Å². The Morgan fingerprint density at radius 2 is 2.22 bits per heavy atom. The van der Waals surface area contributed by atoms with Crippen molar-refractivity contribution >= 4 is 22.6 Å². The van der Waals surface area contributed by atoms with Crippen LogP contribution in [0.5, 0.6) is 5.88 Å². The fourth-order valence-electron chi connectivity index (χ4n) is 1.49. The van der Waals surface area contributed by atoms with Gasteiger partial charge in [-0.2, -0.15) is 10.1 Å². The Morgan fingerprint density at radius 1 is 1.39 bits per heavy atom. The number of nitrogens with zero attached hydrogens (tertiary/aromatic N) is 4. The summed E-state index contributed by atoms with van der Waals surface area (Å²) in [5.74, 6) is 0.347. The molecule has 0 spiro atoms. The standard InChI is InChI=1S/C10H13ClN4O3/c1-17-9-8-7(12-10(11)13-9)6-15(14-8)2-4-18-5-3-16/h6,16H,2-5H2,1H3. The highest BCUT2D eigenvalue weighted by Crippen LogP contribution is 2.21. The van der Waals surface area contributed by atoms with Gasteiger partial charge in [0.15, 0.2) is 5.52 Å². The van der Waals surface area contributed by atoms with Crippen LogP contribution in [-0.2, 0) is 11.3 Å². The molecule has 2 aromatic heterocycles. The minimum absolute atomic E-state index is 0.00991. The summed E-state index contributed by atoms with van der Waals surface area (Å²) in [5.41, 5.74) is 1.18. The third-order valence-corrected chi connectivity index (χ3v) is 2.41. The van der Waals surface area contributed by atoms with Crippen molar-refractivity contribution in [1.29, 1.82) is 0 Å². The summed E-state index contributed by atoms with van der Waals surface area (Å²) in [6.07, 6.45) is 1.74. The normalized spacial score (nSPS) is 11.1.